The third-order valence-corrected chi connectivity index (χ3v) is 7.36. The van der Waals surface area contributed by atoms with Gasteiger partial charge < -0.3 is 15.0 Å². The largest absolute Gasteiger partial charge is 0.478 e. The lowest BCUT2D eigenvalue weighted by atomic mass is 9.73. The summed E-state index contributed by atoms with van der Waals surface area (Å²) in [5.41, 5.74) is -0.366. The number of allylic oxidation sites excluding steroid dienone is 2. The Kier molecular flexibility index (Phi) is 8.54. The summed E-state index contributed by atoms with van der Waals surface area (Å²) in [7, 11) is 0. The molecule has 3 rings (SSSR count). The van der Waals surface area contributed by atoms with Crippen LogP contribution in [0.3, 0.4) is 0 Å². The first-order chi connectivity index (χ1) is 15.1. The summed E-state index contributed by atoms with van der Waals surface area (Å²) in [6.07, 6.45) is 7.49. The molecule has 0 spiro atoms. The maximum atomic E-state index is 9.99. The van der Waals surface area contributed by atoms with Crippen molar-refractivity contribution in [3.8, 4) is 12.1 Å². The number of rotatable bonds is 10. The molecule has 2 aliphatic heterocycles. The molecule has 0 saturated carbocycles. The number of thiophene rings is 1. The molecule has 7 heteroatoms. The van der Waals surface area contributed by atoms with Crippen LogP contribution in [0.15, 0.2) is 41.6 Å². The molecule has 0 amide bonds. The third-order valence-electron chi connectivity index (χ3n) is 6.31. The first-order valence-electron chi connectivity index (χ1n) is 11.1. The van der Waals surface area contributed by atoms with Crippen LogP contribution < -0.4 is 5.32 Å². The van der Waals surface area contributed by atoms with Crippen molar-refractivity contribution in [3.63, 3.8) is 0 Å². The average molecular weight is 440 g/mol. The minimum absolute atomic E-state index is 0.306. The van der Waals surface area contributed by atoms with Gasteiger partial charge in [-0.25, -0.2) is 0 Å². The lowest BCUT2D eigenvalue weighted by Crippen LogP contribution is -2.47. The van der Waals surface area contributed by atoms with Crippen molar-refractivity contribution in [1.82, 2.24) is 15.1 Å². The first-order valence-corrected chi connectivity index (χ1v) is 12.0. The van der Waals surface area contributed by atoms with Crippen molar-refractivity contribution in [2.75, 3.05) is 45.9 Å². The van der Waals surface area contributed by atoms with Gasteiger partial charge in [-0.1, -0.05) is 26.0 Å². The highest BCUT2D eigenvalue weighted by Gasteiger charge is 2.36. The van der Waals surface area contributed by atoms with E-state index in [4.69, 9.17) is 10.00 Å². The van der Waals surface area contributed by atoms with Crippen LogP contribution in [0.4, 0.5) is 0 Å². The average Bonchev–Trinajstić information content (AvgIpc) is 3.33. The van der Waals surface area contributed by atoms with Gasteiger partial charge in [0, 0.05) is 37.6 Å². The fraction of sp³-hybridized carbons (Fsp3) is 0.583. The minimum Gasteiger partial charge on any atom is -0.478 e. The maximum Gasteiger partial charge on any atom is 0.187 e. The van der Waals surface area contributed by atoms with Crippen LogP contribution in [-0.4, -0.2) is 61.7 Å². The SMILES string of the molecule is CC(C)C(C#N)(CCCN1CCN(CCOC2=CC=CC(C#N)N2)CC1)c1cccs1. The van der Waals surface area contributed by atoms with Gasteiger partial charge in [0.2, 0.25) is 0 Å². The summed E-state index contributed by atoms with van der Waals surface area (Å²) < 4.78 is 5.78. The van der Waals surface area contributed by atoms with Gasteiger partial charge in [-0.05, 0) is 48.9 Å². The van der Waals surface area contributed by atoms with Crippen molar-refractivity contribution in [1.29, 1.82) is 10.5 Å². The molecule has 1 aromatic heterocycles. The Bertz CT molecular complexity index is 827. The molecule has 0 bridgehead atoms. The fourth-order valence-corrected chi connectivity index (χ4v) is 5.29. The molecule has 0 radical (unpaired) electrons. The van der Waals surface area contributed by atoms with Gasteiger partial charge in [0.05, 0.1) is 17.6 Å². The maximum absolute atomic E-state index is 9.99. The van der Waals surface area contributed by atoms with E-state index in [-0.39, 0.29) is 11.5 Å². The normalized spacial score (nSPS) is 21.6. The molecule has 2 unspecified atom stereocenters. The van der Waals surface area contributed by atoms with Crippen molar-refractivity contribution < 1.29 is 4.74 Å². The Morgan fingerprint density at radius 2 is 1.97 bits per heavy atom. The summed E-state index contributed by atoms with van der Waals surface area (Å²) in [6, 6.07) is 8.69. The molecule has 2 atom stereocenters. The number of hydrogen-bond donors (Lipinski definition) is 1. The number of hydrogen-bond acceptors (Lipinski definition) is 7. The lowest BCUT2D eigenvalue weighted by Gasteiger charge is -2.36. The fourth-order valence-electron chi connectivity index (χ4n) is 4.24. The molecule has 0 aromatic carbocycles. The second kappa shape index (κ2) is 11.3. The van der Waals surface area contributed by atoms with Gasteiger partial charge in [-0.3, -0.25) is 4.90 Å². The number of nitrogens with one attached hydrogen (secondary N) is 1. The van der Waals surface area contributed by atoms with Crippen molar-refractivity contribution in [2.45, 2.75) is 38.1 Å². The summed E-state index contributed by atoms with van der Waals surface area (Å²) in [6.45, 7) is 11.1. The smallest absolute Gasteiger partial charge is 0.187 e. The lowest BCUT2D eigenvalue weighted by molar-refractivity contribution is 0.0943. The van der Waals surface area contributed by atoms with Crippen LogP contribution in [0.2, 0.25) is 0 Å². The van der Waals surface area contributed by atoms with E-state index in [1.807, 2.05) is 18.2 Å². The van der Waals surface area contributed by atoms with E-state index in [2.05, 4.69) is 58.6 Å². The van der Waals surface area contributed by atoms with Crippen LogP contribution in [0.5, 0.6) is 0 Å². The Balaban J connectivity index is 1.36. The number of dihydropyridines is 1. The Morgan fingerprint density at radius 1 is 1.23 bits per heavy atom. The Morgan fingerprint density at radius 3 is 2.58 bits per heavy atom. The van der Waals surface area contributed by atoms with E-state index in [9.17, 15) is 5.26 Å². The van der Waals surface area contributed by atoms with Crippen molar-refractivity contribution >= 4 is 11.3 Å². The zero-order valence-electron chi connectivity index (χ0n) is 18.6. The topological polar surface area (TPSA) is 75.3 Å². The van der Waals surface area contributed by atoms with Crippen molar-refractivity contribution in [2.24, 2.45) is 5.92 Å². The monoisotopic (exact) mass is 439 g/mol. The standard InChI is InChI=1S/C24H33N5OS/c1-20(2)24(19-26,22-7-4-17-31-22)9-5-10-28-11-13-29(14-12-28)15-16-30-23-8-3-6-21(18-25)27-23/h3-4,6-8,17,20-21,27H,5,9-16H2,1-2H3. The molecule has 166 valence electrons. The van der Waals surface area contributed by atoms with E-state index < -0.39 is 0 Å². The number of piperazine rings is 1. The highest BCUT2D eigenvalue weighted by atomic mass is 32.1. The molecule has 3 heterocycles. The molecule has 1 fully saturated rings. The number of nitriles is 2. The summed E-state index contributed by atoms with van der Waals surface area (Å²) >= 11 is 1.71. The van der Waals surface area contributed by atoms with E-state index in [1.54, 1.807) is 11.3 Å². The van der Waals surface area contributed by atoms with Gasteiger partial charge in [0.15, 0.2) is 5.88 Å². The van der Waals surface area contributed by atoms with Crippen LogP contribution in [0.25, 0.3) is 0 Å². The van der Waals surface area contributed by atoms with E-state index in [0.29, 0.717) is 18.4 Å². The highest BCUT2D eigenvalue weighted by Crippen LogP contribution is 2.39. The molecule has 6 nitrogen and oxygen atoms in total. The quantitative estimate of drug-likeness (QED) is 0.602. The molecule has 0 aliphatic carbocycles. The van der Waals surface area contributed by atoms with Gasteiger partial charge >= 0.3 is 0 Å². The molecule has 1 saturated heterocycles. The zero-order chi connectivity index (χ0) is 22.1. The Labute approximate surface area is 190 Å². The predicted octanol–water partition coefficient (Wildman–Crippen LogP) is 3.47. The Hall–Kier alpha value is -2.32. The van der Waals surface area contributed by atoms with Crippen molar-refractivity contribution in [3.05, 3.63) is 46.5 Å². The molecule has 2 aliphatic rings. The van der Waals surface area contributed by atoms with Gasteiger partial charge in [-0.15, -0.1) is 11.3 Å². The molecular formula is C24H33N5OS. The zero-order valence-corrected chi connectivity index (χ0v) is 19.4. The van der Waals surface area contributed by atoms with E-state index >= 15 is 0 Å². The summed E-state index contributed by atoms with van der Waals surface area (Å²) in [4.78, 5) is 6.15. The number of nitrogens with zero attached hydrogens (tertiary/aromatic N) is 4. The predicted molar refractivity (Wildman–Crippen MR) is 124 cm³/mol. The third kappa shape index (κ3) is 6.11. The van der Waals surface area contributed by atoms with Crippen LogP contribution in [-0.2, 0) is 10.2 Å². The highest BCUT2D eigenvalue weighted by molar-refractivity contribution is 7.10. The number of ether oxygens (including phenoxy) is 1. The molecular weight excluding hydrogens is 406 g/mol. The van der Waals surface area contributed by atoms with Gasteiger partial charge in [0.1, 0.15) is 12.6 Å². The van der Waals surface area contributed by atoms with E-state index in [0.717, 1.165) is 52.1 Å². The summed E-state index contributed by atoms with van der Waals surface area (Å²) in [5, 5.41) is 24.1. The van der Waals surface area contributed by atoms with Crippen LogP contribution in [0, 0.1) is 28.6 Å². The molecule has 1 aromatic rings. The summed E-state index contributed by atoms with van der Waals surface area (Å²) in [5.74, 6) is 0.977. The van der Waals surface area contributed by atoms with Crippen LogP contribution >= 0.6 is 11.3 Å². The second-order valence-electron chi connectivity index (χ2n) is 8.52. The molecule has 1 N–H and O–H groups in total. The molecule has 31 heavy (non-hydrogen) atoms. The first kappa shape index (κ1) is 23.3. The van der Waals surface area contributed by atoms with Crippen LogP contribution in [0.1, 0.15) is 31.6 Å². The minimum atomic E-state index is -0.366. The van der Waals surface area contributed by atoms with Gasteiger partial charge in [0.25, 0.3) is 0 Å². The van der Waals surface area contributed by atoms with E-state index in [1.165, 1.54) is 4.88 Å². The van der Waals surface area contributed by atoms with Gasteiger partial charge in [-0.2, -0.15) is 10.5 Å². The second-order valence-corrected chi connectivity index (χ2v) is 9.47.